The Morgan fingerprint density at radius 3 is 2.71 bits per heavy atom. The van der Waals surface area contributed by atoms with Crippen molar-refractivity contribution in [3.05, 3.63) is 96.0 Å². The summed E-state index contributed by atoms with van der Waals surface area (Å²) in [5, 5.41) is 11.6. The lowest BCUT2D eigenvalue weighted by Crippen LogP contribution is -2.32. The standard InChI is InChI=1S/C26H23N3O5/c1-33-20-10-5-3-8-18(20)23-22(24(30)21-15-17-7-2-4-9-19(17)34-21)25(31)26(32)29(23)13-6-12-28-14-11-27-16-28/h2-5,7-11,14-16,23,31H,6,12-13H2,1H3. The van der Waals surface area contributed by atoms with E-state index in [9.17, 15) is 14.7 Å². The average Bonchev–Trinajstić information content (AvgIpc) is 3.59. The molecule has 0 radical (unpaired) electrons. The fourth-order valence-corrected chi connectivity index (χ4v) is 4.40. The topological polar surface area (TPSA) is 97.8 Å². The van der Waals surface area contributed by atoms with Gasteiger partial charge in [-0.2, -0.15) is 0 Å². The van der Waals surface area contributed by atoms with E-state index < -0.39 is 23.5 Å². The van der Waals surface area contributed by atoms with E-state index in [1.165, 1.54) is 12.0 Å². The number of amides is 1. The van der Waals surface area contributed by atoms with Crippen molar-refractivity contribution in [2.24, 2.45) is 0 Å². The maximum atomic E-state index is 13.6. The number of aromatic nitrogens is 2. The fraction of sp³-hybridized carbons (Fsp3) is 0.192. The van der Waals surface area contributed by atoms with E-state index in [0.717, 1.165) is 5.39 Å². The number of fused-ring (bicyclic) bond motifs is 1. The van der Waals surface area contributed by atoms with Gasteiger partial charge in [0.25, 0.3) is 5.91 Å². The Balaban J connectivity index is 1.53. The molecule has 0 saturated carbocycles. The van der Waals surface area contributed by atoms with Gasteiger partial charge in [-0.05, 0) is 24.6 Å². The molecule has 1 amide bonds. The molecule has 0 saturated heterocycles. The molecule has 4 aromatic rings. The van der Waals surface area contributed by atoms with E-state index in [0.29, 0.717) is 36.4 Å². The van der Waals surface area contributed by atoms with Crippen LogP contribution in [0.2, 0.25) is 0 Å². The Hall–Kier alpha value is -4.33. The van der Waals surface area contributed by atoms with Gasteiger partial charge in [0.1, 0.15) is 11.3 Å². The number of Topliss-reactive ketones (excluding diaryl/α,β-unsaturated/α-hetero) is 1. The number of benzene rings is 2. The monoisotopic (exact) mass is 457 g/mol. The van der Waals surface area contributed by atoms with Crippen LogP contribution in [0, 0.1) is 0 Å². The van der Waals surface area contributed by atoms with Crippen molar-refractivity contribution in [3.8, 4) is 5.75 Å². The predicted octanol–water partition coefficient (Wildman–Crippen LogP) is 4.31. The minimum Gasteiger partial charge on any atom is -0.503 e. The molecule has 0 aliphatic carbocycles. The van der Waals surface area contributed by atoms with Crippen LogP contribution >= 0.6 is 0 Å². The fourth-order valence-electron chi connectivity index (χ4n) is 4.40. The summed E-state index contributed by atoms with van der Waals surface area (Å²) in [7, 11) is 1.53. The SMILES string of the molecule is COc1ccccc1C1C(C(=O)c2cc3ccccc3o2)=C(O)C(=O)N1CCCn1ccnc1. The first-order valence-corrected chi connectivity index (χ1v) is 10.9. The first-order valence-electron chi connectivity index (χ1n) is 10.9. The van der Waals surface area contributed by atoms with E-state index in [1.54, 1.807) is 36.8 Å². The number of aliphatic hydroxyl groups excluding tert-OH is 1. The van der Waals surface area contributed by atoms with Crippen LogP contribution in [0.25, 0.3) is 11.0 Å². The summed E-state index contributed by atoms with van der Waals surface area (Å²) in [6.07, 6.45) is 5.84. The molecule has 3 heterocycles. The van der Waals surface area contributed by atoms with Crippen molar-refractivity contribution >= 4 is 22.7 Å². The van der Waals surface area contributed by atoms with E-state index in [4.69, 9.17) is 9.15 Å². The molecule has 1 unspecified atom stereocenters. The lowest BCUT2D eigenvalue weighted by molar-refractivity contribution is -0.129. The van der Waals surface area contributed by atoms with Gasteiger partial charge in [-0.15, -0.1) is 0 Å². The number of ketones is 1. The number of para-hydroxylation sites is 2. The Labute approximate surface area is 195 Å². The smallest absolute Gasteiger partial charge is 0.290 e. The van der Waals surface area contributed by atoms with Crippen LogP contribution in [0.5, 0.6) is 5.75 Å². The first kappa shape index (κ1) is 21.5. The van der Waals surface area contributed by atoms with E-state index in [2.05, 4.69) is 4.98 Å². The van der Waals surface area contributed by atoms with Crippen molar-refractivity contribution in [2.75, 3.05) is 13.7 Å². The number of ether oxygens (including phenoxy) is 1. The highest BCUT2D eigenvalue weighted by Crippen LogP contribution is 2.42. The number of imidazole rings is 1. The molecule has 1 atom stereocenters. The molecule has 2 aromatic heterocycles. The highest BCUT2D eigenvalue weighted by atomic mass is 16.5. The van der Waals surface area contributed by atoms with Crippen molar-refractivity contribution in [2.45, 2.75) is 19.0 Å². The van der Waals surface area contributed by atoms with Crippen LogP contribution < -0.4 is 4.74 Å². The number of carbonyl (C=O) groups is 2. The summed E-state index contributed by atoms with van der Waals surface area (Å²) in [4.78, 5) is 32.3. The Bertz CT molecular complexity index is 1350. The van der Waals surface area contributed by atoms with Gasteiger partial charge in [-0.3, -0.25) is 9.59 Å². The van der Waals surface area contributed by atoms with Crippen molar-refractivity contribution in [1.29, 1.82) is 0 Å². The van der Waals surface area contributed by atoms with Crippen LogP contribution in [0.15, 0.2) is 89.1 Å². The van der Waals surface area contributed by atoms with Gasteiger partial charge < -0.3 is 23.7 Å². The van der Waals surface area contributed by atoms with E-state index in [1.807, 2.05) is 41.1 Å². The molecular formula is C26H23N3O5. The summed E-state index contributed by atoms with van der Waals surface area (Å²) in [6, 6.07) is 15.3. The summed E-state index contributed by atoms with van der Waals surface area (Å²) in [5.74, 6) is -1.11. The molecule has 0 bridgehead atoms. The van der Waals surface area contributed by atoms with Gasteiger partial charge in [-0.1, -0.05) is 36.4 Å². The van der Waals surface area contributed by atoms with Crippen molar-refractivity contribution in [3.63, 3.8) is 0 Å². The molecule has 0 spiro atoms. The summed E-state index contributed by atoms with van der Waals surface area (Å²) in [5.41, 5.74) is 1.15. The number of nitrogens with zero attached hydrogens (tertiary/aromatic N) is 3. The Kier molecular flexibility index (Phi) is 5.63. The maximum absolute atomic E-state index is 13.6. The first-order chi connectivity index (χ1) is 16.6. The molecule has 5 rings (SSSR count). The third-order valence-electron chi connectivity index (χ3n) is 6.01. The minimum atomic E-state index is -0.813. The number of aryl methyl sites for hydroxylation is 1. The highest BCUT2D eigenvalue weighted by Gasteiger charge is 2.45. The second-order valence-electron chi connectivity index (χ2n) is 8.04. The minimum absolute atomic E-state index is 0.0174. The Morgan fingerprint density at radius 1 is 1.15 bits per heavy atom. The van der Waals surface area contributed by atoms with E-state index in [-0.39, 0.29) is 11.3 Å². The zero-order valence-electron chi connectivity index (χ0n) is 18.5. The van der Waals surface area contributed by atoms with Gasteiger partial charge >= 0.3 is 0 Å². The number of rotatable bonds is 8. The van der Waals surface area contributed by atoms with Gasteiger partial charge in [0.15, 0.2) is 11.5 Å². The van der Waals surface area contributed by atoms with Gasteiger partial charge in [-0.25, -0.2) is 4.98 Å². The number of aliphatic hydroxyl groups is 1. The molecule has 1 aliphatic rings. The zero-order chi connectivity index (χ0) is 23.7. The molecule has 8 nitrogen and oxygen atoms in total. The van der Waals surface area contributed by atoms with Crippen LogP contribution in [0.4, 0.5) is 0 Å². The number of furan rings is 1. The molecule has 172 valence electrons. The molecular weight excluding hydrogens is 434 g/mol. The molecule has 0 fully saturated rings. The molecule has 34 heavy (non-hydrogen) atoms. The zero-order valence-corrected chi connectivity index (χ0v) is 18.5. The second kappa shape index (κ2) is 8.90. The molecule has 1 aliphatic heterocycles. The third-order valence-corrected chi connectivity index (χ3v) is 6.01. The summed E-state index contributed by atoms with van der Waals surface area (Å²) < 4.78 is 13.2. The van der Waals surface area contributed by atoms with Crippen molar-refractivity contribution < 1.29 is 23.8 Å². The molecule has 8 heteroatoms. The lowest BCUT2D eigenvalue weighted by atomic mass is 9.94. The summed E-state index contributed by atoms with van der Waals surface area (Å²) >= 11 is 0. The predicted molar refractivity (Wildman–Crippen MR) is 124 cm³/mol. The number of hydrogen-bond acceptors (Lipinski definition) is 6. The quantitative estimate of drug-likeness (QED) is 0.396. The van der Waals surface area contributed by atoms with Crippen LogP contribution in [-0.2, 0) is 11.3 Å². The van der Waals surface area contributed by atoms with Gasteiger partial charge in [0, 0.05) is 36.4 Å². The summed E-state index contributed by atoms with van der Waals surface area (Å²) in [6.45, 7) is 0.955. The number of carbonyl (C=O) groups excluding carboxylic acids is 2. The van der Waals surface area contributed by atoms with Gasteiger partial charge in [0.05, 0.1) is 25.1 Å². The third kappa shape index (κ3) is 3.73. The lowest BCUT2D eigenvalue weighted by Gasteiger charge is -2.27. The molecule has 2 aromatic carbocycles. The van der Waals surface area contributed by atoms with E-state index >= 15 is 0 Å². The largest absolute Gasteiger partial charge is 0.503 e. The highest BCUT2D eigenvalue weighted by molar-refractivity contribution is 6.16. The van der Waals surface area contributed by atoms with Crippen LogP contribution in [0.3, 0.4) is 0 Å². The van der Waals surface area contributed by atoms with Crippen molar-refractivity contribution in [1.82, 2.24) is 14.5 Å². The number of methoxy groups -OCH3 is 1. The van der Waals surface area contributed by atoms with Crippen LogP contribution in [0.1, 0.15) is 28.6 Å². The number of hydrogen-bond donors (Lipinski definition) is 1. The Morgan fingerprint density at radius 2 is 1.94 bits per heavy atom. The normalized spacial score (nSPS) is 16.0. The van der Waals surface area contributed by atoms with Crippen LogP contribution in [-0.4, -0.2) is 44.9 Å². The van der Waals surface area contributed by atoms with Gasteiger partial charge in [0.2, 0.25) is 5.78 Å². The molecule has 1 N–H and O–H groups in total. The second-order valence-corrected chi connectivity index (χ2v) is 8.04. The average molecular weight is 457 g/mol. The maximum Gasteiger partial charge on any atom is 0.290 e.